The van der Waals surface area contributed by atoms with Crippen molar-refractivity contribution in [3.05, 3.63) is 64.4 Å². The fourth-order valence-electron chi connectivity index (χ4n) is 1.65. The minimum atomic E-state index is -0.497. The Morgan fingerprint density at radius 3 is 2.57 bits per heavy atom. The maximum atomic E-state index is 12.9. The molecule has 0 aliphatic rings. The van der Waals surface area contributed by atoms with Gasteiger partial charge in [0.1, 0.15) is 12.4 Å². The highest BCUT2D eigenvalue weighted by Crippen LogP contribution is 2.19. The van der Waals surface area contributed by atoms with Crippen LogP contribution in [-0.2, 0) is 0 Å². The third-order valence-corrected chi connectivity index (χ3v) is 2.94. The summed E-state index contributed by atoms with van der Waals surface area (Å²) in [5.74, 6) is 4.36. The molecule has 0 saturated heterocycles. The first-order valence-electron chi connectivity index (χ1n) is 6.06. The Morgan fingerprint density at radius 1 is 1.24 bits per heavy atom. The van der Waals surface area contributed by atoms with E-state index in [1.165, 1.54) is 12.1 Å². The Bertz CT molecular complexity index is 717. The Balaban J connectivity index is 2.12. The fourth-order valence-corrected chi connectivity index (χ4v) is 1.90. The van der Waals surface area contributed by atoms with Crippen LogP contribution in [0.1, 0.15) is 15.9 Å². The van der Waals surface area contributed by atoms with Crippen LogP contribution in [0.25, 0.3) is 0 Å². The van der Waals surface area contributed by atoms with Gasteiger partial charge >= 0.3 is 0 Å². The summed E-state index contributed by atoms with van der Waals surface area (Å²) in [5.41, 5.74) is 1.49. The van der Waals surface area contributed by atoms with E-state index in [0.29, 0.717) is 5.69 Å². The molecule has 0 fully saturated rings. The lowest BCUT2D eigenvalue weighted by molar-refractivity contribution is 0.102. The van der Waals surface area contributed by atoms with Crippen LogP contribution >= 0.6 is 11.6 Å². The summed E-state index contributed by atoms with van der Waals surface area (Å²) in [6, 6.07) is 10.4. The topological polar surface area (TPSA) is 49.3 Å². The van der Waals surface area contributed by atoms with E-state index in [-0.39, 0.29) is 17.2 Å². The smallest absolute Gasteiger partial charge is 0.257 e. The Kier molecular flexibility index (Phi) is 4.94. The van der Waals surface area contributed by atoms with Crippen LogP contribution in [0.4, 0.5) is 10.1 Å². The Labute approximate surface area is 126 Å². The van der Waals surface area contributed by atoms with Crippen molar-refractivity contribution in [1.29, 1.82) is 0 Å². The number of halogens is 2. The first kappa shape index (κ1) is 15.0. The molecule has 2 N–H and O–H groups in total. The standard InChI is InChI=1S/C16H11ClFNO2/c17-15-10-12(18)5-8-14(15)16(21)19-13-6-3-11(4-7-13)2-1-9-20/h3-8,10,20H,9H2,(H,19,21). The van der Waals surface area contributed by atoms with Gasteiger partial charge in [-0.05, 0) is 42.5 Å². The van der Waals surface area contributed by atoms with Crippen LogP contribution in [0.2, 0.25) is 5.02 Å². The van der Waals surface area contributed by atoms with E-state index >= 15 is 0 Å². The molecule has 2 rings (SSSR count). The number of amides is 1. The van der Waals surface area contributed by atoms with Crippen molar-refractivity contribution in [2.75, 3.05) is 11.9 Å². The van der Waals surface area contributed by atoms with Crippen molar-refractivity contribution in [3.63, 3.8) is 0 Å². The van der Waals surface area contributed by atoms with Crippen LogP contribution in [0, 0.1) is 17.7 Å². The molecule has 106 valence electrons. The molecule has 2 aromatic rings. The molecular weight excluding hydrogens is 293 g/mol. The number of rotatable bonds is 2. The summed E-state index contributed by atoms with van der Waals surface area (Å²) < 4.78 is 12.9. The minimum absolute atomic E-state index is 0.0536. The summed E-state index contributed by atoms with van der Waals surface area (Å²) in [7, 11) is 0. The number of anilines is 1. The van der Waals surface area contributed by atoms with Gasteiger partial charge in [0.05, 0.1) is 10.6 Å². The number of hydrogen-bond donors (Lipinski definition) is 2. The average Bonchev–Trinajstić information content (AvgIpc) is 2.46. The molecule has 0 aliphatic carbocycles. The van der Waals surface area contributed by atoms with E-state index in [0.717, 1.165) is 11.6 Å². The molecule has 0 bridgehead atoms. The molecule has 0 aliphatic heterocycles. The predicted octanol–water partition coefficient (Wildman–Crippen LogP) is 3.08. The maximum absolute atomic E-state index is 12.9. The normalized spacial score (nSPS) is 9.67. The highest BCUT2D eigenvalue weighted by molar-refractivity contribution is 6.34. The van der Waals surface area contributed by atoms with Crippen molar-refractivity contribution in [2.24, 2.45) is 0 Å². The zero-order valence-electron chi connectivity index (χ0n) is 10.9. The van der Waals surface area contributed by atoms with Crippen molar-refractivity contribution >= 4 is 23.2 Å². The van der Waals surface area contributed by atoms with E-state index in [4.69, 9.17) is 16.7 Å². The molecule has 0 heterocycles. The number of hydrogen-bond acceptors (Lipinski definition) is 2. The van der Waals surface area contributed by atoms with Crippen molar-refractivity contribution in [1.82, 2.24) is 0 Å². The molecule has 1 amide bonds. The van der Waals surface area contributed by atoms with Crippen molar-refractivity contribution in [2.45, 2.75) is 0 Å². The summed E-state index contributed by atoms with van der Waals surface area (Å²) in [6.45, 7) is -0.207. The van der Waals surface area contributed by atoms with E-state index < -0.39 is 11.7 Å². The van der Waals surface area contributed by atoms with Crippen LogP contribution in [-0.4, -0.2) is 17.6 Å². The highest BCUT2D eigenvalue weighted by Gasteiger charge is 2.11. The second-order valence-corrected chi connectivity index (χ2v) is 4.52. The van der Waals surface area contributed by atoms with E-state index in [1.807, 2.05) is 0 Å². The number of nitrogens with one attached hydrogen (secondary N) is 1. The van der Waals surface area contributed by atoms with Gasteiger partial charge in [0, 0.05) is 11.3 Å². The molecule has 0 atom stereocenters. The quantitative estimate of drug-likeness (QED) is 0.838. The van der Waals surface area contributed by atoms with Gasteiger partial charge in [-0.1, -0.05) is 23.4 Å². The maximum Gasteiger partial charge on any atom is 0.257 e. The third kappa shape index (κ3) is 4.06. The van der Waals surface area contributed by atoms with E-state index in [1.54, 1.807) is 24.3 Å². The number of aliphatic hydroxyl groups excluding tert-OH is 1. The Hall–Kier alpha value is -2.35. The lowest BCUT2D eigenvalue weighted by Gasteiger charge is -2.07. The molecule has 0 unspecified atom stereocenters. The number of aliphatic hydroxyl groups is 1. The van der Waals surface area contributed by atoms with Crippen LogP contribution in [0.15, 0.2) is 42.5 Å². The molecular formula is C16H11ClFNO2. The van der Waals surface area contributed by atoms with Crippen LogP contribution in [0.3, 0.4) is 0 Å². The monoisotopic (exact) mass is 303 g/mol. The minimum Gasteiger partial charge on any atom is -0.384 e. The molecule has 0 radical (unpaired) electrons. The first-order valence-corrected chi connectivity index (χ1v) is 6.44. The SMILES string of the molecule is O=C(Nc1ccc(C#CCO)cc1)c1ccc(F)cc1Cl. The van der Waals surface area contributed by atoms with E-state index in [9.17, 15) is 9.18 Å². The molecule has 0 spiro atoms. The van der Waals surface area contributed by atoms with Gasteiger partial charge < -0.3 is 10.4 Å². The second kappa shape index (κ2) is 6.89. The summed E-state index contributed by atoms with van der Waals surface area (Å²) >= 11 is 5.83. The van der Waals surface area contributed by atoms with Gasteiger partial charge in [0.2, 0.25) is 0 Å². The van der Waals surface area contributed by atoms with Crippen molar-refractivity contribution in [3.8, 4) is 11.8 Å². The molecule has 2 aromatic carbocycles. The van der Waals surface area contributed by atoms with Crippen LogP contribution < -0.4 is 5.32 Å². The van der Waals surface area contributed by atoms with Gasteiger partial charge in [-0.3, -0.25) is 4.79 Å². The number of benzene rings is 2. The van der Waals surface area contributed by atoms with Crippen molar-refractivity contribution < 1.29 is 14.3 Å². The molecule has 3 nitrogen and oxygen atoms in total. The summed E-state index contributed by atoms with van der Waals surface area (Å²) in [6.07, 6.45) is 0. The van der Waals surface area contributed by atoms with E-state index in [2.05, 4.69) is 17.2 Å². The third-order valence-electron chi connectivity index (χ3n) is 2.63. The van der Waals surface area contributed by atoms with Gasteiger partial charge in [0.25, 0.3) is 5.91 Å². The lowest BCUT2D eigenvalue weighted by Crippen LogP contribution is -2.12. The fraction of sp³-hybridized carbons (Fsp3) is 0.0625. The van der Waals surface area contributed by atoms with Gasteiger partial charge in [-0.15, -0.1) is 0 Å². The highest BCUT2D eigenvalue weighted by atomic mass is 35.5. The molecule has 0 aromatic heterocycles. The van der Waals surface area contributed by atoms with Gasteiger partial charge in [-0.2, -0.15) is 0 Å². The lowest BCUT2D eigenvalue weighted by atomic mass is 10.2. The predicted molar refractivity (Wildman–Crippen MR) is 79.8 cm³/mol. The zero-order chi connectivity index (χ0) is 15.2. The second-order valence-electron chi connectivity index (χ2n) is 4.12. The number of carbonyl (C=O) groups is 1. The molecule has 0 saturated carbocycles. The van der Waals surface area contributed by atoms with Crippen LogP contribution in [0.5, 0.6) is 0 Å². The largest absolute Gasteiger partial charge is 0.384 e. The van der Waals surface area contributed by atoms with Gasteiger partial charge in [0.15, 0.2) is 0 Å². The zero-order valence-corrected chi connectivity index (χ0v) is 11.6. The van der Waals surface area contributed by atoms with Gasteiger partial charge in [-0.25, -0.2) is 4.39 Å². The average molecular weight is 304 g/mol. The summed E-state index contributed by atoms with van der Waals surface area (Å²) in [5, 5.41) is 11.3. The molecule has 5 heteroatoms. The molecule has 21 heavy (non-hydrogen) atoms. The summed E-state index contributed by atoms with van der Waals surface area (Å²) in [4.78, 5) is 12.0. The Morgan fingerprint density at radius 2 is 1.95 bits per heavy atom. The first-order chi connectivity index (χ1) is 10.1. The number of carbonyl (C=O) groups excluding carboxylic acids is 1.